The maximum Gasteiger partial charge on any atom is 0.328 e. The van der Waals surface area contributed by atoms with Gasteiger partial charge in [-0.2, -0.15) is 5.26 Å². The van der Waals surface area contributed by atoms with Gasteiger partial charge in [0.15, 0.2) is 6.04 Å². The number of carbonyl (C=O) groups excluding carboxylic acids is 1. The van der Waals surface area contributed by atoms with Crippen molar-refractivity contribution in [2.45, 2.75) is 25.4 Å². The third-order valence-corrected chi connectivity index (χ3v) is 2.15. The number of aliphatic carboxylic acids is 1. The first kappa shape index (κ1) is 14.2. The predicted octanol–water partition coefficient (Wildman–Crippen LogP) is -0.625. The lowest BCUT2D eigenvalue weighted by atomic mass is 10.2. The van der Waals surface area contributed by atoms with Crippen molar-refractivity contribution < 1.29 is 19.8 Å². The Hall–Kier alpha value is -1.81. The molecule has 0 saturated heterocycles. The van der Waals surface area contributed by atoms with Crippen LogP contribution in [0.3, 0.4) is 0 Å². The minimum Gasteiger partial charge on any atom is -0.480 e. The van der Waals surface area contributed by atoms with Crippen molar-refractivity contribution in [2.24, 2.45) is 0 Å². The SMILES string of the molecule is CC(CC#N)N(C)C(=O)N[C@@H](CO)C(=O)O. The number of carbonyl (C=O) groups is 2. The summed E-state index contributed by atoms with van der Waals surface area (Å²) in [7, 11) is 1.45. The minimum atomic E-state index is -1.33. The molecule has 90 valence electrons. The van der Waals surface area contributed by atoms with E-state index >= 15 is 0 Å². The van der Waals surface area contributed by atoms with Gasteiger partial charge < -0.3 is 20.4 Å². The minimum absolute atomic E-state index is 0.154. The molecule has 1 unspecified atom stereocenters. The number of aliphatic hydroxyl groups excluding tert-OH is 1. The maximum atomic E-state index is 11.5. The molecule has 3 N–H and O–H groups in total. The fourth-order valence-electron chi connectivity index (χ4n) is 0.906. The fourth-order valence-corrected chi connectivity index (χ4v) is 0.906. The highest BCUT2D eigenvalue weighted by molar-refractivity contribution is 5.82. The number of carboxylic acid groups (broad SMARTS) is 1. The van der Waals surface area contributed by atoms with Crippen LogP contribution >= 0.6 is 0 Å². The van der Waals surface area contributed by atoms with Crippen molar-refractivity contribution >= 4 is 12.0 Å². The van der Waals surface area contributed by atoms with E-state index in [9.17, 15) is 9.59 Å². The molecule has 0 aliphatic heterocycles. The second kappa shape index (κ2) is 6.63. The number of amides is 2. The van der Waals surface area contributed by atoms with E-state index in [1.807, 2.05) is 6.07 Å². The Balaban J connectivity index is 4.35. The van der Waals surface area contributed by atoms with E-state index < -0.39 is 24.6 Å². The molecule has 16 heavy (non-hydrogen) atoms. The van der Waals surface area contributed by atoms with E-state index in [0.717, 1.165) is 0 Å². The molecule has 0 spiro atoms. The van der Waals surface area contributed by atoms with Crippen LogP contribution in [0.1, 0.15) is 13.3 Å². The van der Waals surface area contributed by atoms with Crippen molar-refractivity contribution in [3.63, 3.8) is 0 Å². The molecule has 7 heteroatoms. The van der Waals surface area contributed by atoms with Crippen LogP contribution in [0.25, 0.3) is 0 Å². The van der Waals surface area contributed by atoms with Gasteiger partial charge in [-0.3, -0.25) is 0 Å². The van der Waals surface area contributed by atoms with E-state index in [4.69, 9.17) is 15.5 Å². The quantitative estimate of drug-likeness (QED) is 0.581. The highest BCUT2D eigenvalue weighted by Gasteiger charge is 2.22. The molecule has 0 bridgehead atoms. The molecule has 0 radical (unpaired) electrons. The first-order valence-electron chi connectivity index (χ1n) is 4.68. The van der Waals surface area contributed by atoms with Gasteiger partial charge in [0.1, 0.15) is 0 Å². The van der Waals surface area contributed by atoms with Crippen LogP contribution in [0.15, 0.2) is 0 Å². The first-order chi connectivity index (χ1) is 7.43. The summed E-state index contributed by atoms with van der Waals surface area (Å²) in [5, 5.41) is 27.9. The van der Waals surface area contributed by atoms with Gasteiger partial charge >= 0.3 is 12.0 Å². The summed E-state index contributed by atoms with van der Waals surface area (Å²) in [5.41, 5.74) is 0. The van der Waals surface area contributed by atoms with E-state index in [1.54, 1.807) is 6.92 Å². The molecule has 0 fully saturated rings. The lowest BCUT2D eigenvalue weighted by molar-refractivity contribution is -0.140. The number of hydrogen-bond donors (Lipinski definition) is 3. The Morgan fingerprint density at radius 2 is 2.12 bits per heavy atom. The summed E-state index contributed by atoms with van der Waals surface area (Å²) in [6.45, 7) is 0.985. The zero-order chi connectivity index (χ0) is 12.7. The highest BCUT2D eigenvalue weighted by Crippen LogP contribution is 2.00. The Morgan fingerprint density at radius 1 is 1.56 bits per heavy atom. The van der Waals surface area contributed by atoms with Crippen molar-refractivity contribution in [3.05, 3.63) is 0 Å². The fraction of sp³-hybridized carbons (Fsp3) is 0.667. The zero-order valence-electron chi connectivity index (χ0n) is 9.17. The normalized spacial score (nSPS) is 13.4. The molecule has 0 aliphatic carbocycles. The van der Waals surface area contributed by atoms with E-state index in [2.05, 4.69) is 5.32 Å². The van der Waals surface area contributed by atoms with Crippen LogP contribution in [0.4, 0.5) is 4.79 Å². The van der Waals surface area contributed by atoms with Gasteiger partial charge in [0.05, 0.1) is 19.1 Å². The molecule has 0 aromatic heterocycles. The van der Waals surface area contributed by atoms with Gasteiger partial charge in [-0.25, -0.2) is 9.59 Å². The maximum absolute atomic E-state index is 11.5. The lowest BCUT2D eigenvalue weighted by Crippen LogP contribution is -2.50. The molecule has 7 nitrogen and oxygen atoms in total. The molecule has 2 amide bonds. The molecule has 0 aromatic rings. The monoisotopic (exact) mass is 229 g/mol. The smallest absolute Gasteiger partial charge is 0.328 e. The third-order valence-electron chi connectivity index (χ3n) is 2.15. The molecule has 0 heterocycles. The molecule has 0 saturated carbocycles. The van der Waals surface area contributed by atoms with Crippen LogP contribution in [-0.2, 0) is 4.79 Å². The van der Waals surface area contributed by atoms with Crippen molar-refractivity contribution in [1.29, 1.82) is 5.26 Å². The number of rotatable bonds is 5. The van der Waals surface area contributed by atoms with E-state index in [0.29, 0.717) is 0 Å². The van der Waals surface area contributed by atoms with Gasteiger partial charge in [0, 0.05) is 13.1 Å². The van der Waals surface area contributed by atoms with Crippen molar-refractivity contribution in [1.82, 2.24) is 10.2 Å². The van der Waals surface area contributed by atoms with Gasteiger partial charge in [-0.05, 0) is 6.92 Å². The highest BCUT2D eigenvalue weighted by atomic mass is 16.4. The second-order valence-electron chi connectivity index (χ2n) is 3.35. The average Bonchev–Trinajstić information content (AvgIpc) is 2.24. The average molecular weight is 229 g/mol. The topological polar surface area (TPSA) is 114 Å². The Kier molecular flexibility index (Phi) is 5.88. The summed E-state index contributed by atoms with van der Waals surface area (Å²) in [6.07, 6.45) is 0.154. The third kappa shape index (κ3) is 4.14. The molecule has 0 aromatic carbocycles. The van der Waals surface area contributed by atoms with Crippen LogP contribution in [0, 0.1) is 11.3 Å². The summed E-state index contributed by atoms with van der Waals surface area (Å²) in [4.78, 5) is 23.2. The van der Waals surface area contributed by atoms with Gasteiger partial charge in [0.2, 0.25) is 0 Å². The molecule has 0 rings (SSSR count). The van der Waals surface area contributed by atoms with Crippen LogP contribution in [-0.4, -0.2) is 52.9 Å². The van der Waals surface area contributed by atoms with Crippen molar-refractivity contribution in [2.75, 3.05) is 13.7 Å². The zero-order valence-corrected chi connectivity index (χ0v) is 9.17. The number of nitrogens with one attached hydrogen (secondary N) is 1. The Morgan fingerprint density at radius 3 is 2.50 bits per heavy atom. The van der Waals surface area contributed by atoms with Crippen LogP contribution < -0.4 is 5.32 Å². The van der Waals surface area contributed by atoms with Gasteiger partial charge in [-0.15, -0.1) is 0 Å². The Bertz CT molecular complexity index is 300. The first-order valence-corrected chi connectivity index (χ1v) is 4.68. The van der Waals surface area contributed by atoms with Crippen molar-refractivity contribution in [3.8, 4) is 6.07 Å². The van der Waals surface area contributed by atoms with Gasteiger partial charge in [-0.1, -0.05) is 0 Å². The van der Waals surface area contributed by atoms with E-state index in [1.165, 1.54) is 11.9 Å². The largest absolute Gasteiger partial charge is 0.480 e. The van der Waals surface area contributed by atoms with Crippen LogP contribution in [0.5, 0.6) is 0 Å². The van der Waals surface area contributed by atoms with Gasteiger partial charge in [0.25, 0.3) is 0 Å². The summed E-state index contributed by atoms with van der Waals surface area (Å²) in [5.74, 6) is -1.31. The van der Waals surface area contributed by atoms with E-state index in [-0.39, 0.29) is 12.5 Å². The standard InChI is InChI=1S/C9H15N3O4/c1-6(3-4-10)12(2)9(16)11-7(5-13)8(14)15/h6-7,13H,3,5H2,1-2H3,(H,11,16)(H,14,15)/t6?,7-/m0/s1. The molecular weight excluding hydrogens is 214 g/mol. The second-order valence-corrected chi connectivity index (χ2v) is 3.35. The summed E-state index contributed by atoms with van der Waals surface area (Å²) in [6, 6.07) is -0.380. The Labute approximate surface area is 93.3 Å². The summed E-state index contributed by atoms with van der Waals surface area (Å²) >= 11 is 0. The number of nitriles is 1. The molecular formula is C9H15N3O4. The lowest BCUT2D eigenvalue weighted by Gasteiger charge is -2.24. The number of urea groups is 1. The molecule has 0 aliphatic rings. The summed E-state index contributed by atoms with van der Waals surface area (Å²) < 4.78 is 0. The number of hydrogen-bond acceptors (Lipinski definition) is 4. The number of aliphatic hydroxyl groups is 1. The predicted molar refractivity (Wildman–Crippen MR) is 54.5 cm³/mol. The molecule has 2 atom stereocenters. The number of carboxylic acids is 1. The van der Waals surface area contributed by atoms with Crippen LogP contribution in [0.2, 0.25) is 0 Å². The number of nitrogens with zero attached hydrogens (tertiary/aromatic N) is 2.